The van der Waals surface area contributed by atoms with Crippen molar-refractivity contribution in [3.05, 3.63) is 118 Å². The summed E-state index contributed by atoms with van der Waals surface area (Å²) in [6.45, 7) is 21.3. The summed E-state index contributed by atoms with van der Waals surface area (Å²) < 4.78 is 92.4. The van der Waals surface area contributed by atoms with E-state index >= 15 is 0 Å². The van der Waals surface area contributed by atoms with Crippen LogP contribution in [-0.2, 0) is 32.4 Å². The highest BCUT2D eigenvalue weighted by molar-refractivity contribution is 6.76. The number of ketones is 2. The Kier molecular flexibility index (Phi) is 20.2. The lowest BCUT2D eigenvalue weighted by Crippen LogP contribution is -2.27. The summed E-state index contributed by atoms with van der Waals surface area (Å²) in [7, 11) is -2.80. The zero-order valence-electron chi connectivity index (χ0n) is 49.5. The van der Waals surface area contributed by atoms with Crippen LogP contribution < -0.4 is 9.47 Å². The molecule has 0 fully saturated rings. The Balaban J connectivity index is 0.000000269. The third-order valence-electron chi connectivity index (χ3n) is 12.9. The summed E-state index contributed by atoms with van der Waals surface area (Å²) in [6.07, 6.45) is 1.48. The molecule has 8 rings (SSSR count). The van der Waals surface area contributed by atoms with Gasteiger partial charge in [-0.25, -0.2) is 19.6 Å². The van der Waals surface area contributed by atoms with Crippen molar-refractivity contribution in [1.29, 1.82) is 10.5 Å². The Hall–Kier alpha value is -8.17. The first-order valence-corrected chi connectivity index (χ1v) is 34.3. The van der Waals surface area contributed by atoms with Gasteiger partial charge in [0.05, 0.1) is 67.5 Å². The number of nitriles is 2. The molecule has 4 aromatic heterocycles. The number of aryl methyl sites for hydroxylation is 2. The number of hydrogen-bond acceptors (Lipinski definition) is 14. The van der Waals surface area contributed by atoms with Crippen molar-refractivity contribution >= 4 is 83.8 Å². The van der Waals surface area contributed by atoms with Crippen molar-refractivity contribution in [1.82, 2.24) is 28.2 Å². The molecule has 0 aliphatic carbocycles. The standard InChI is InChI=1S/2C30H34F2N4O5Si.CH4/c1-18-14-23(40-28(31)32)24(20-10-11-35(25(18)20)29(38)41-30(2,3)4)26(37)27-34-21-15-19(16-33)8-9-22(21)36(27)17-39-12-13-42(5,6)7;1-18-14-23(40-28(31)32)24(20-10-11-35(25(18)20)29(38)41-30(2,3)4)26(37)27-34-21-9-8-19(16-33)15-22(21)36(27)17-39-12-13-42(5,6)7;/h2*8-11,14-15,28H,12-13,17H2,1-7H3;1H4. The Morgan fingerprint density at radius 1 is 0.576 bits per heavy atom. The molecule has 0 saturated carbocycles. The van der Waals surface area contributed by atoms with Crippen molar-refractivity contribution in [2.75, 3.05) is 13.2 Å². The molecule has 452 valence electrons. The number of imidazole rings is 2. The Labute approximate surface area is 492 Å². The summed E-state index contributed by atoms with van der Waals surface area (Å²) in [4.78, 5) is 63.6. The minimum absolute atomic E-state index is 0. The predicted octanol–water partition coefficient (Wildman–Crippen LogP) is 14.8. The third kappa shape index (κ3) is 15.8. The number of rotatable bonds is 18. The van der Waals surface area contributed by atoms with E-state index < -0.39 is 64.3 Å². The van der Waals surface area contributed by atoms with Crippen molar-refractivity contribution in [3.63, 3.8) is 0 Å². The molecule has 4 aromatic carbocycles. The molecule has 0 aliphatic rings. The summed E-state index contributed by atoms with van der Waals surface area (Å²) in [5.74, 6) is -2.28. The summed E-state index contributed by atoms with van der Waals surface area (Å²) in [6, 6.07) is 21.1. The quantitative estimate of drug-likeness (QED) is 0.0338. The van der Waals surface area contributed by atoms with Crippen molar-refractivity contribution in [2.45, 2.75) is 152 Å². The first kappa shape index (κ1) is 66.0. The Bertz CT molecular complexity index is 3780. The molecule has 0 amide bonds. The fraction of sp³-hybridized carbons (Fsp3) is 0.410. The number of alkyl halides is 4. The maximum atomic E-state index is 14.3. The van der Waals surface area contributed by atoms with E-state index in [4.69, 9.17) is 28.4 Å². The molecule has 0 atom stereocenters. The maximum Gasteiger partial charge on any atom is 0.419 e. The van der Waals surface area contributed by atoms with Crippen LogP contribution in [0, 0.1) is 36.5 Å². The lowest BCUT2D eigenvalue weighted by atomic mass is 10.0. The van der Waals surface area contributed by atoms with Gasteiger partial charge in [-0.2, -0.15) is 28.1 Å². The second-order valence-corrected chi connectivity index (χ2v) is 35.7. The molecule has 0 unspecified atom stereocenters. The summed E-state index contributed by atoms with van der Waals surface area (Å²) >= 11 is 0. The highest BCUT2D eigenvalue weighted by Crippen LogP contribution is 2.38. The molecule has 0 spiro atoms. The number of fused-ring (bicyclic) bond motifs is 4. The Morgan fingerprint density at radius 3 is 1.38 bits per heavy atom. The van der Waals surface area contributed by atoms with Crippen LogP contribution in [0.4, 0.5) is 27.2 Å². The lowest BCUT2D eigenvalue weighted by molar-refractivity contribution is -0.0507. The number of hydrogen-bond donors (Lipinski definition) is 0. The van der Waals surface area contributed by atoms with Crippen LogP contribution in [-0.4, -0.2) is 106 Å². The van der Waals surface area contributed by atoms with E-state index in [1.807, 2.05) is 0 Å². The smallest absolute Gasteiger partial charge is 0.419 e. The van der Waals surface area contributed by atoms with E-state index in [2.05, 4.69) is 61.4 Å². The van der Waals surface area contributed by atoms with E-state index in [0.717, 1.165) is 12.1 Å². The van der Waals surface area contributed by atoms with E-state index in [0.29, 0.717) is 68.6 Å². The minimum atomic E-state index is -3.21. The van der Waals surface area contributed by atoms with Gasteiger partial charge in [-0.15, -0.1) is 0 Å². The van der Waals surface area contributed by atoms with Gasteiger partial charge >= 0.3 is 25.4 Å². The van der Waals surface area contributed by atoms with E-state index in [9.17, 15) is 47.3 Å². The van der Waals surface area contributed by atoms with Gasteiger partial charge in [-0.3, -0.25) is 27.9 Å². The van der Waals surface area contributed by atoms with Gasteiger partial charge in [-0.1, -0.05) is 46.7 Å². The molecular formula is C61H72F4N8O10Si2. The first-order chi connectivity index (χ1) is 39.2. The zero-order chi connectivity index (χ0) is 62.0. The summed E-state index contributed by atoms with van der Waals surface area (Å²) in [5, 5.41) is 19.3. The molecule has 8 aromatic rings. The van der Waals surface area contributed by atoms with E-state index in [1.54, 1.807) is 96.4 Å². The van der Waals surface area contributed by atoms with Gasteiger partial charge in [0.25, 0.3) is 0 Å². The van der Waals surface area contributed by atoms with Crippen LogP contribution in [0.25, 0.3) is 43.9 Å². The molecule has 0 aliphatic heterocycles. The number of benzene rings is 4. The molecular weight excluding hydrogens is 1140 g/mol. The number of carbonyl (C=O) groups excluding carboxylic acids is 4. The van der Waals surface area contributed by atoms with Crippen molar-refractivity contribution < 1.29 is 65.2 Å². The normalized spacial score (nSPS) is 12.1. The van der Waals surface area contributed by atoms with Crippen LogP contribution in [0.15, 0.2) is 73.1 Å². The monoisotopic (exact) mass is 1210 g/mol. The van der Waals surface area contributed by atoms with E-state index in [-0.39, 0.29) is 65.9 Å². The van der Waals surface area contributed by atoms with Gasteiger partial charge in [0.1, 0.15) is 36.2 Å². The number of halogens is 4. The molecule has 18 nitrogen and oxygen atoms in total. The maximum absolute atomic E-state index is 14.3. The average molecular weight is 1210 g/mol. The largest absolute Gasteiger partial charge is 0.443 e. The van der Waals surface area contributed by atoms with Gasteiger partial charge in [-0.05, 0) is 139 Å². The predicted molar refractivity (Wildman–Crippen MR) is 321 cm³/mol. The zero-order valence-corrected chi connectivity index (χ0v) is 51.5. The molecule has 0 radical (unpaired) electrons. The van der Waals surface area contributed by atoms with Crippen LogP contribution in [0.3, 0.4) is 0 Å². The molecule has 0 bridgehead atoms. The van der Waals surface area contributed by atoms with E-state index in [1.165, 1.54) is 50.4 Å². The Morgan fingerprint density at radius 2 is 0.976 bits per heavy atom. The minimum Gasteiger partial charge on any atom is -0.443 e. The fourth-order valence-corrected chi connectivity index (χ4v) is 10.6. The highest BCUT2D eigenvalue weighted by atomic mass is 28.3. The van der Waals surface area contributed by atoms with Gasteiger partial charge in [0.15, 0.2) is 11.6 Å². The molecule has 0 saturated heterocycles. The SMILES string of the molecule is C.Cc1cc(OC(F)F)c(C(=O)c2nc3cc(C#N)ccc3n2COCC[Si](C)(C)C)c2ccn(C(=O)OC(C)(C)C)c12.Cc1cc(OC(F)F)c(C(=O)c2nc3ccc(C#N)cc3n2COCC[Si](C)(C)C)c2ccn(C(=O)OC(C)(C)C)c12. The number of aromatic nitrogens is 6. The highest BCUT2D eigenvalue weighted by Gasteiger charge is 2.32. The van der Waals surface area contributed by atoms with Crippen LogP contribution in [0.2, 0.25) is 51.4 Å². The van der Waals surface area contributed by atoms with Crippen LogP contribution >= 0.6 is 0 Å². The molecule has 0 N–H and O–H groups in total. The van der Waals surface area contributed by atoms with Gasteiger partial charge in [0.2, 0.25) is 11.6 Å². The molecule has 85 heavy (non-hydrogen) atoms. The average Bonchev–Trinajstić information content (AvgIpc) is 2.05. The summed E-state index contributed by atoms with van der Waals surface area (Å²) in [5.41, 5.74) is 2.06. The first-order valence-electron chi connectivity index (χ1n) is 26.9. The van der Waals surface area contributed by atoms with Gasteiger partial charge < -0.3 is 28.4 Å². The number of ether oxygens (including phenoxy) is 6. The van der Waals surface area contributed by atoms with Crippen LogP contribution in [0.1, 0.15) is 104 Å². The van der Waals surface area contributed by atoms with Gasteiger partial charge in [0, 0.05) is 52.5 Å². The van der Waals surface area contributed by atoms with Crippen molar-refractivity contribution in [2.24, 2.45) is 0 Å². The second kappa shape index (κ2) is 26.0. The fourth-order valence-electron chi connectivity index (χ4n) is 9.08. The molecule has 24 heteroatoms. The van der Waals surface area contributed by atoms with Crippen molar-refractivity contribution in [3.8, 4) is 23.6 Å². The lowest BCUT2D eigenvalue weighted by Gasteiger charge is -2.20. The second-order valence-electron chi connectivity index (χ2n) is 24.5. The number of nitrogens with zero attached hydrogens (tertiary/aromatic N) is 8. The topological polar surface area (TPSA) is 217 Å². The third-order valence-corrected chi connectivity index (χ3v) is 16.3. The molecule has 4 heterocycles. The number of carbonyl (C=O) groups is 4. The van der Waals surface area contributed by atoms with Crippen LogP contribution in [0.5, 0.6) is 11.5 Å².